The summed E-state index contributed by atoms with van der Waals surface area (Å²) in [6.45, 7) is 1.80. The largest absolute Gasteiger partial charge is 0.494 e. The van der Waals surface area contributed by atoms with Crippen molar-refractivity contribution in [1.82, 2.24) is 0 Å². The van der Waals surface area contributed by atoms with Crippen LogP contribution in [0.5, 0.6) is 0 Å². The fraction of sp³-hybridized carbons (Fsp3) is 0.923. The van der Waals surface area contributed by atoms with Crippen LogP contribution >= 0.6 is 0 Å². The van der Waals surface area contributed by atoms with Crippen molar-refractivity contribution in [2.45, 2.75) is 50.8 Å². The Hall–Kier alpha value is -0.780. The maximum absolute atomic E-state index is 12.1. The number of halogens is 3. The van der Waals surface area contributed by atoms with E-state index in [1.807, 2.05) is 0 Å². The molecule has 0 heterocycles. The van der Waals surface area contributed by atoms with Crippen LogP contribution in [0.15, 0.2) is 0 Å². The van der Waals surface area contributed by atoms with Gasteiger partial charge in [-0.2, -0.15) is 18.1 Å². The van der Waals surface area contributed by atoms with E-state index in [1.54, 1.807) is 6.92 Å². The molecule has 6 heteroatoms. The molecule has 4 bridgehead atoms. The summed E-state index contributed by atoms with van der Waals surface area (Å²) in [5, 5.41) is 0. The molecule has 4 rings (SSSR count). The van der Waals surface area contributed by atoms with Gasteiger partial charge in [0.2, 0.25) is 0 Å². The summed E-state index contributed by atoms with van der Waals surface area (Å²) in [5.41, 5.74) is -0.742. The molecule has 4 aliphatic carbocycles. The van der Waals surface area contributed by atoms with Gasteiger partial charge in [-0.25, -0.2) is 4.79 Å². The minimum absolute atomic E-state index is 0.213. The van der Waals surface area contributed by atoms with Gasteiger partial charge in [0.25, 0.3) is 0 Å². The molecule has 0 spiro atoms. The first-order chi connectivity index (χ1) is 8.79. The summed E-state index contributed by atoms with van der Waals surface area (Å²) in [5.74, 6) is -0.480. The monoisotopic (exact) mass is 278 g/mol. The number of rotatable bonds is 2. The Morgan fingerprint density at radius 1 is 1.05 bits per heavy atom. The molecule has 0 N–H and O–H groups in total. The van der Waals surface area contributed by atoms with Crippen molar-refractivity contribution in [2.24, 2.45) is 23.7 Å². The summed E-state index contributed by atoms with van der Waals surface area (Å²) >= 11 is 0. The lowest BCUT2D eigenvalue weighted by atomic mass is 9.50. The van der Waals surface area contributed by atoms with Gasteiger partial charge in [0, 0.05) is 0 Å². The second-order valence-electron chi connectivity index (χ2n) is 6.44. The third-order valence-corrected chi connectivity index (χ3v) is 5.29. The van der Waals surface area contributed by atoms with Crippen LogP contribution in [0.3, 0.4) is 0 Å². The van der Waals surface area contributed by atoms with Gasteiger partial charge in [0.1, 0.15) is 5.60 Å². The molecule has 0 unspecified atom stereocenters. The zero-order valence-corrected chi connectivity index (χ0v) is 10.7. The molecule has 4 aliphatic rings. The number of hydrogen-bond donors (Lipinski definition) is 0. The number of carbonyl (C=O) groups is 1. The van der Waals surface area contributed by atoms with Gasteiger partial charge in [0.05, 0.1) is 0 Å². The molecule has 0 amide bonds. The van der Waals surface area contributed by atoms with Crippen molar-refractivity contribution >= 4 is 5.97 Å². The Labute approximate surface area is 109 Å². The van der Waals surface area contributed by atoms with E-state index in [1.165, 1.54) is 6.42 Å². The maximum atomic E-state index is 12.1. The van der Waals surface area contributed by atoms with Crippen LogP contribution in [-0.4, -0.2) is 17.7 Å². The van der Waals surface area contributed by atoms with Gasteiger partial charge in [-0.05, 0) is 62.7 Å². The van der Waals surface area contributed by atoms with Gasteiger partial charge in [-0.15, -0.1) is 0 Å². The molecule has 4 saturated carbocycles. The molecule has 3 nitrogen and oxygen atoms in total. The second-order valence-corrected chi connectivity index (χ2v) is 6.44. The normalized spacial score (nSPS) is 44.4. The highest BCUT2D eigenvalue weighted by Crippen LogP contribution is 2.59. The van der Waals surface area contributed by atoms with Crippen LogP contribution in [0.2, 0.25) is 0 Å². The molecule has 0 aromatic rings. The summed E-state index contributed by atoms with van der Waals surface area (Å²) in [7, 11) is 0. The van der Waals surface area contributed by atoms with Crippen molar-refractivity contribution in [3.8, 4) is 0 Å². The standard InChI is InChI=1S/C13H17F3O3/c1-12(19-18-11(17)13(14,15)16)9-3-7-2-8(5-9)6-10(12)4-7/h7-10H,2-6H2,1H3. The first kappa shape index (κ1) is 13.2. The average Bonchev–Trinajstić information content (AvgIpc) is 2.31. The van der Waals surface area contributed by atoms with E-state index in [9.17, 15) is 18.0 Å². The van der Waals surface area contributed by atoms with Gasteiger partial charge in [-0.1, -0.05) is 0 Å². The van der Waals surface area contributed by atoms with E-state index in [4.69, 9.17) is 4.89 Å². The molecule has 0 aromatic heterocycles. The van der Waals surface area contributed by atoms with Crippen LogP contribution < -0.4 is 0 Å². The van der Waals surface area contributed by atoms with Crippen molar-refractivity contribution in [1.29, 1.82) is 0 Å². The Balaban J connectivity index is 1.68. The maximum Gasteiger partial charge on any atom is 0.494 e. The van der Waals surface area contributed by atoms with E-state index in [0.717, 1.165) is 25.7 Å². The number of hydrogen-bond acceptors (Lipinski definition) is 3. The Kier molecular flexibility index (Phi) is 2.86. The minimum atomic E-state index is -5.00. The van der Waals surface area contributed by atoms with E-state index in [2.05, 4.69) is 4.89 Å². The molecule has 0 radical (unpaired) electrons. The smallest absolute Gasteiger partial charge is 0.287 e. The Bertz CT molecular complexity index is 363. The van der Waals surface area contributed by atoms with Crippen LogP contribution in [-0.2, 0) is 14.6 Å². The number of alkyl halides is 3. The van der Waals surface area contributed by atoms with Crippen LogP contribution in [0.25, 0.3) is 0 Å². The van der Waals surface area contributed by atoms with E-state index >= 15 is 0 Å². The van der Waals surface area contributed by atoms with Crippen molar-refractivity contribution < 1.29 is 27.7 Å². The van der Waals surface area contributed by atoms with Gasteiger partial charge in [-0.3, -0.25) is 4.89 Å². The highest BCUT2D eigenvalue weighted by molar-refractivity contribution is 5.74. The van der Waals surface area contributed by atoms with Gasteiger partial charge in [0.15, 0.2) is 0 Å². The molecule has 0 saturated heterocycles. The van der Waals surface area contributed by atoms with E-state index < -0.39 is 17.7 Å². The minimum Gasteiger partial charge on any atom is -0.287 e. The third-order valence-electron chi connectivity index (χ3n) is 5.29. The third kappa shape index (κ3) is 2.14. The lowest BCUT2D eigenvalue weighted by Crippen LogP contribution is -2.57. The van der Waals surface area contributed by atoms with E-state index in [0.29, 0.717) is 11.8 Å². The lowest BCUT2D eigenvalue weighted by Gasteiger charge is -2.58. The van der Waals surface area contributed by atoms with Crippen LogP contribution in [0, 0.1) is 23.7 Å². The van der Waals surface area contributed by atoms with E-state index in [-0.39, 0.29) is 11.8 Å². The second kappa shape index (κ2) is 4.11. The zero-order chi connectivity index (χ0) is 13.8. The first-order valence-electron chi connectivity index (χ1n) is 6.76. The molecule has 0 aliphatic heterocycles. The fourth-order valence-corrected chi connectivity index (χ4v) is 4.43. The Morgan fingerprint density at radius 2 is 1.53 bits per heavy atom. The van der Waals surface area contributed by atoms with Crippen LogP contribution in [0.1, 0.15) is 39.0 Å². The lowest BCUT2D eigenvalue weighted by molar-refractivity contribution is -0.384. The molecular weight excluding hydrogens is 261 g/mol. The van der Waals surface area contributed by atoms with Crippen LogP contribution in [0.4, 0.5) is 13.2 Å². The van der Waals surface area contributed by atoms with Crippen molar-refractivity contribution in [3.63, 3.8) is 0 Å². The average molecular weight is 278 g/mol. The van der Waals surface area contributed by atoms with Gasteiger partial charge >= 0.3 is 12.1 Å². The highest BCUT2D eigenvalue weighted by Gasteiger charge is 2.57. The SMILES string of the molecule is CC1(OOC(=O)C(F)(F)F)C2CC3CC(C2)CC1C3. The topological polar surface area (TPSA) is 35.5 Å². The van der Waals surface area contributed by atoms with Crippen molar-refractivity contribution in [3.05, 3.63) is 0 Å². The Morgan fingerprint density at radius 3 is 1.95 bits per heavy atom. The molecular formula is C13H17F3O3. The fourth-order valence-electron chi connectivity index (χ4n) is 4.43. The first-order valence-corrected chi connectivity index (χ1v) is 6.76. The molecule has 0 atom stereocenters. The zero-order valence-electron chi connectivity index (χ0n) is 10.7. The molecule has 108 valence electrons. The highest BCUT2D eigenvalue weighted by atomic mass is 19.4. The summed E-state index contributed by atoms with van der Waals surface area (Å²) in [6, 6.07) is 0. The summed E-state index contributed by atoms with van der Waals surface area (Å²) in [4.78, 5) is 19.9. The summed E-state index contributed by atoms with van der Waals surface area (Å²) in [6.07, 6.45) is 0.161. The quantitative estimate of drug-likeness (QED) is 0.574. The molecule has 19 heavy (non-hydrogen) atoms. The molecule has 4 fully saturated rings. The van der Waals surface area contributed by atoms with Gasteiger partial charge < -0.3 is 0 Å². The van der Waals surface area contributed by atoms with Crippen molar-refractivity contribution in [2.75, 3.05) is 0 Å². The summed E-state index contributed by atoms with van der Waals surface area (Å²) < 4.78 is 36.4. The number of carbonyl (C=O) groups excluding carboxylic acids is 1. The predicted molar refractivity (Wildman–Crippen MR) is 58.7 cm³/mol. The molecule has 0 aromatic carbocycles. The predicted octanol–water partition coefficient (Wildman–Crippen LogP) is 3.24.